The summed E-state index contributed by atoms with van der Waals surface area (Å²) in [6.07, 6.45) is 1.55. The molecule has 0 N–H and O–H groups in total. The third kappa shape index (κ3) is 6.70. The molecule has 1 heterocycles. The molecule has 7 nitrogen and oxygen atoms in total. The average molecular weight is 562 g/mol. The van der Waals surface area contributed by atoms with E-state index in [0.717, 1.165) is 5.56 Å². The molecule has 1 aliphatic heterocycles. The van der Waals surface area contributed by atoms with E-state index in [4.69, 9.17) is 10.00 Å². The lowest BCUT2D eigenvalue weighted by atomic mass is 9.95. The Kier molecular flexibility index (Phi) is 10.1. The van der Waals surface area contributed by atoms with Gasteiger partial charge < -0.3 is 14.5 Å². The molecule has 2 amide bonds. The van der Waals surface area contributed by atoms with Gasteiger partial charge in [-0.05, 0) is 56.5 Å². The smallest absolute Gasteiger partial charge is 0.308 e. The van der Waals surface area contributed by atoms with Crippen LogP contribution in [-0.4, -0.2) is 35.3 Å². The minimum absolute atomic E-state index is 0.115. The minimum atomic E-state index is -0.992. The standard InChI is InChI=1S/C35H35N3O4/c1-4-42-32(39)24-31(27-16-10-7-11-17-27)38-33(28-18-12-8-13-19-28)35(41)37(25(2)3)30-21-20-26(23-29(30)34(38)40)15-9-5-6-14-22-36/h7-8,10-13,16-21,23,25,31,33H,4-6,14,24H2,1-3H3. The zero-order chi connectivity index (χ0) is 30.1. The Morgan fingerprint density at radius 3 is 2.31 bits per heavy atom. The molecule has 0 spiro atoms. The molecule has 3 aromatic carbocycles. The molecule has 2 unspecified atom stereocenters. The van der Waals surface area contributed by atoms with Crippen LogP contribution < -0.4 is 4.90 Å². The lowest BCUT2D eigenvalue weighted by molar-refractivity contribution is -0.145. The quantitative estimate of drug-likeness (QED) is 0.172. The lowest BCUT2D eigenvalue weighted by Gasteiger charge is -2.37. The van der Waals surface area contributed by atoms with E-state index in [1.54, 1.807) is 28.9 Å². The van der Waals surface area contributed by atoms with Gasteiger partial charge in [-0.15, -0.1) is 0 Å². The van der Waals surface area contributed by atoms with Gasteiger partial charge in [0.1, 0.15) is 6.04 Å². The van der Waals surface area contributed by atoms with Gasteiger partial charge >= 0.3 is 5.97 Å². The highest BCUT2D eigenvalue weighted by atomic mass is 16.5. The fraction of sp³-hybridized carbons (Fsp3) is 0.314. The summed E-state index contributed by atoms with van der Waals surface area (Å²) in [5.41, 5.74) is 2.85. The van der Waals surface area contributed by atoms with Crippen LogP contribution in [-0.2, 0) is 14.3 Å². The van der Waals surface area contributed by atoms with Crippen molar-refractivity contribution in [3.63, 3.8) is 0 Å². The summed E-state index contributed by atoms with van der Waals surface area (Å²) < 4.78 is 5.33. The number of carbonyl (C=O) groups excluding carboxylic acids is 3. The molecule has 3 aromatic rings. The maximum Gasteiger partial charge on any atom is 0.308 e. The number of nitriles is 1. The highest BCUT2D eigenvalue weighted by Gasteiger charge is 2.45. The van der Waals surface area contributed by atoms with Gasteiger partial charge in [0.2, 0.25) is 0 Å². The molecule has 7 heteroatoms. The van der Waals surface area contributed by atoms with E-state index in [9.17, 15) is 14.4 Å². The van der Waals surface area contributed by atoms with E-state index in [0.29, 0.717) is 41.6 Å². The number of unbranched alkanes of at least 4 members (excludes halogenated alkanes) is 2. The van der Waals surface area contributed by atoms with Crippen LogP contribution in [0.2, 0.25) is 0 Å². The number of carbonyl (C=O) groups is 3. The van der Waals surface area contributed by atoms with Gasteiger partial charge in [0, 0.05) is 24.4 Å². The summed E-state index contributed by atoms with van der Waals surface area (Å²) in [5, 5.41) is 8.80. The zero-order valence-corrected chi connectivity index (χ0v) is 24.2. The first-order chi connectivity index (χ1) is 20.4. The van der Waals surface area contributed by atoms with Crippen LogP contribution in [0.25, 0.3) is 0 Å². The molecule has 1 aliphatic rings. The van der Waals surface area contributed by atoms with Crippen molar-refractivity contribution in [1.82, 2.24) is 4.90 Å². The van der Waals surface area contributed by atoms with Crippen LogP contribution in [0.4, 0.5) is 5.69 Å². The number of rotatable bonds is 9. The topological polar surface area (TPSA) is 90.7 Å². The van der Waals surface area contributed by atoms with Gasteiger partial charge in [-0.25, -0.2) is 0 Å². The van der Waals surface area contributed by atoms with Crippen LogP contribution >= 0.6 is 0 Å². The summed E-state index contributed by atoms with van der Waals surface area (Å²) in [6.45, 7) is 5.78. The Morgan fingerprint density at radius 2 is 1.67 bits per heavy atom. The van der Waals surface area contributed by atoms with Gasteiger partial charge in [0.15, 0.2) is 0 Å². The summed E-state index contributed by atoms with van der Waals surface area (Å²) in [5.74, 6) is 5.10. The third-order valence-electron chi connectivity index (χ3n) is 7.11. The van der Waals surface area contributed by atoms with E-state index in [1.807, 2.05) is 80.6 Å². The Labute approximate surface area is 247 Å². The van der Waals surface area contributed by atoms with Gasteiger partial charge in [-0.3, -0.25) is 14.4 Å². The number of anilines is 1. The normalized spacial score (nSPS) is 15.3. The fourth-order valence-electron chi connectivity index (χ4n) is 5.26. The second-order valence-electron chi connectivity index (χ2n) is 10.3. The van der Waals surface area contributed by atoms with Crippen molar-refractivity contribution in [2.24, 2.45) is 0 Å². The highest BCUT2D eigenvalue weighted by molar-refractivity contribution is 6.12. The number of esters is 1. The largest absolute Gasteiger partial charge is 0.466 e. The second-order valence-corrected chi connectivity index (χ2v) is 10.3. The number of nitrogens with zero attached hydrogens (tertiary/aromatic N) is 3. The first-order valence-electron chi connectivity index (χ1n) is 14.3. The number of hydrogen-bond acceptors (Lipinski definition) is 5. The average Bonchev–Trinajstić information content (AvgIpc) is 3.08. The van der Waals surface area contributed by atoms with Gasteiger partial charge in [0.25, 0.3) is 11.8 Å². The summed E-state index contributed by atoms with van der Waals surface area (Å²) >= 11 is 0. The van der Waals surface area contributed by atoms with E-state index in [-0.39, 0.29) is 30.9 Å². The van der Waals surface area contributed by atoms with Crippen LogP contribution in [0.5, 0.6) is 0 Å². The van der Waals surface area contributed by atoms with Crippen molar-refractivity contribution >= 4 is 23.5 Å². The summed E-state index contributed by atoms with van der Waals surface area (Å²) in [7, 11) is 0. The van der Waals surface area contributed by atoms with Crippen molar-refractivity contribution in [2.45, 2.75) is 64.6 Å². The zero-order valence-electron chi connectivity index (χ0n) is 24.2. The molecule has 0 bridgehead atoms. The molecule has 0 radical (unpaired) electrons. The predicted octanol–water partition coefficient (Wildman–Crippen LogP) is 6.36. The number of amides is 2. The van der Waals surface area contributed by atoms with Gasteiger partial charge in [-0.2, -0.15) is 5.26 Å². The number of ether oxygens (including phenoxy) is 1. The van der Waals surface area contributed by atoms with Crippen molar-refractivity contribution in [1.29, 1.82) is 5.26 Å². The number of fused-ring (bicyclic) bond motifs is 1. The Balaban J connectivity index is 1.94. The van der Waals surface area contributed by atoms with E-state index >= 15 is 0 Å². The molecule has 0 fully saturated rings. The van der Waals surface area contributed by atoms with Crippen LogP contribution in [0.3, 0.4) is 0 Å². The molecule has 0 saturated carbocycles. The first-order valence-corrected chi connectivity index (χ1v) is 14.3. The minimum Gasteiger partial charge on any atom is -0.466 e. The summed E-state index contributed by atoms with van der Waals surface area (Å²) in [6, 6.07) is 23.9. The third-order valence-corrected chi connectivity index (χ3v) is 7.11. The van der Waals surface area contributed by atoms with E-state index < -0.39 is 18.1 Å². The molecular formula is C35H35N3O4. The predicted molar refractivity (Wildman–Crippen MR) is 161 cm³/mol. The van der Waals surface area contributed by atoms with Crippen LogP contribution in [0.1, 0.15) is 85.6 Å². The molecule has 42 heavy (non-hydrogen) atoms. The molecule has 0 aromatic heterocycles. The Morgan fingerprint density at radius 1 is 0.976 bits per heavy atom. The maximum absolute atomic E-state index is 14.8. The van der Waals surface area contributed by atoms with Crippen molar-refractivity contribution in [3.8, 4) is 17.9 Å². The Bertz CT molecular complexity index is 1520. The molecule has 214 valence electrons. The van der Waals surface area contributed by atoms with Crippen molar-refractivity contribution in [2.75, 3.05) is 11.5 Å². The van der Waals surface area contributed by atoms with E-state index in [1.165, 1.54) is 0 Å². The SMILES string of the molecule is CCOC(=O)CC(c1ccccc1)N1C(=O)c2cc(C#CCCCC#N)ccc2N(C(C)C)C(=O)C1c1ccccc1. The van der Waals surface area contributed by atoms with Crippen molar-refractivity contribution < 1.29 is 19.1 Å². The van der Waals surface area contributed by atoms with Gasteiger partial charge in [-0.1, -0.05) is 72.5 Å². The molecular weight excluding hydrogens is 526 g/mol. The number of hydrogen-bond donors (Lipinski definition) is 0. The van der Waals surface area contributed by atoms with Crippen molar-refractivity contribution in [3.05, 3.63) is 101 Å². The van der Waals surface area contributed by atoms with Gasteiger partial charge in [0.05, 0.1) is 36.4 Å². The Hall–Kier alpha value is -4.88. The number of benzene rings is 3. The van der Waals surface area contributed by atoms with E-state index in [2.05, 4.69) is 17.9 Å². The first kappa shape index (κ1) is 30.1. The lowest BCUT2D eigenvalue weighted by Crippen LogP contribution is -2.46. The maximum atomic E-state index is 14.8. The second kappa shape index (κ2) is 14.1. The fourth-order valence-corrected chi connectivity index (χ4v) is 5.26. The molecule has 0 saturated heterocycles. The molecule has 0 aliphatic carbocycles. The molecule has 2 atom stereocenters. The highest BCUT2D eigenvalue weighted by Crippen LogP contribution is 2.42. The molecule has 4 rings (SSSR count). The monoisotopic (exact) mass is 561 g/mol. The van der Waals surface area contributed by atoms with Crippen LogP contribution in [0, 0.1) is 23.2 Å². The van der Waals surface area contributed by atoms with Crippen LogP contribution in [0.15, 0.2) is 78.9 Å². The summed E-state index contributed by atoms with van der Waals surface area (Å²) in [4.78, 5) is 45.5.